The molecular weight excluding hydrogens is 288 g/mol. The summed E-state index contributed by atoms with van der Waals surface area (Å²) in [5.74, 6) is 0.647. The molecule has 0 unspecified atom stereocenters. The van der Waals surface area contributed by atoms with Crippen LogP contribution in [0.25, 0.3) is 0 Å². The highest BCUT2D eigenvalue weighted by Crippen LogP contribution is 2.29. The van der Waals surface area contributed by atoms with E-state index in [1.54, 1.807) is 0 Å². The lowest BCUT2D eigenvalue weighted by atomic mass is 9.79. The third kappa shape index (κ3) is 6.80. The first kappa shape index (κ1) is 20.4. The fourth-order valence-electron chi connectivity index (χ4n) is 3.53. The Labute approximate surface area is 142 Å². The third-order valence-electron chi connectivity index (χ3n) is 5.48. The van der Waals surface area contributed by atoms with Crippen LogP contribution in [0.5, 0.6) is 0 Å². The van der Waals surface area contributed by atoms with Crippen molar-refractivity contribution >= 4 is 5.91 Å². The zero-order valence-corrected chi connectivity index (χ0v) is 15.4. The van der Waals surface area contributed by atoms with Crippen molar-refractivity contribution in [2.75, 3.05) is 6.54 Å². The lowest BCUT2D eigenvalue weighted by Crippen LogP contribution is -2.59. The van der Waals surface area contributed by atoms with Gasteiger partial charge in [0, 0.05) is 13.0 Å². The average Bonchev–Trinajstić information content (AvgIpc) is 2.53. The van der Waals surface area contributed by atoms with Crippen LogP contribution in [-0.2, 0) is 4.79 Å². The van der Waals surface area contributed by atoms with E-state index in [-0.39, 0.29) is 11.8 Å². The van der Waals surface area contributed by atoms with Crippen LogP contribution in [0.2, 0.25) is 0 Å². The number of rotatable bonds is 10. The number of aliphatic hydroxyl groups excluding tert-OH is 1. The quantitative estimate of drug-likeness (QED) is 0.539. The number of hydrogen-bond acceptors (Lipinski definition) is 3. The van der Waals surface area contributed by atoms with Crippen LogP contribution >= 0.6 is 0 Å². The Morgan fingerprint density at radius 2 is 1.96 bits per heavy atom. The second-order valence-corrected chi connectivity index (χ2v) is 7.74. The Morgan fingerprint density at radius 1 is 1.30 bits per heavy atom. The molecule has 1 saturated carbocycles. The van der Waals surface area contributed by atoms with E-state index in [2.05, 4.69) is 12.2 Å². The van der Waals surface area contributed by atoms with Gasteiger partial charge in [-0.1, -0.05) is 59.3 Å². The number of aliphatic hydroxyl groups is 1. The van der Waals surface area contributed by atoms with Crippen molar-refractivity contribution in [1.29, 1.82) is 0 Å². The third-order valence-corrected chi connectivity index (χ3v) is 5.48. The van der Waals surface area contributed by atoms with Crippen LogP contribution < -0.4 is 11.1 Å². The molecule has 23 heavy (non-hydrogen) atoms. The van der Waals surface area contributed by atoms with Crippen molar-refractivity contribution < 1.29 is 9.90 Å². The highest BCUT2D eigenvalue weighted by Gasteiger charge is 2.39. The number of carbonyl (C=O) groups excluding carboxylic acids is 1. The van der Waals surface area contributed by atoms with Crippen LogP contribution in [0.3, 0.4) is 0 Å². The van der Waals surface area contributed by atoms with Crippen LogP contribution in [0, 0.1) is 11.8 Å². The molecule has 1 fully saturated rings. The molecule has 0 saturated heterocycles. The summed E-state index contributed by atoms with van der Waals surface area (Å²) in [6.07, 6.45) is 10.3. The molecule has 0 aromatic rings. The number of nitrogens with two attached hydrogens (primary N) is 1. The minimum atomic E-state index is -0.972. The van der Waals surface area contributed by atoms with Gasteiger partial charge in [0.25, 0.3) is 0 Å². The van der Waals surface area contributed by atoms with Crippen LogP contribution in [0.1, 0.15) is 85.0 Å². The SMILES string of the molecule is CCCCNC(=O)[C@@](N)(C[C@@H](O)CCC1CCCCC1)C(C)C. The largest absolute Gasteiger partial charge is 0.393 e. The molecule has 4 nitrogen and oxygen atoms in total. The van der Waals surface area contributed by atoms with Gasteiger partial charge >= 0.3 is 0 Å². The monoisotopic (exact) mass is 326 g/mol. The predicted molar refractivity (Wildman–Crippen MR) is 96.1 cm³/mol. The first-order valence-corrected chi connectivity index (χ1v) is 9.65. The number of amides is 1. The van der Waals surface area contributed by atoms with E-state index in [1.807, 2.05) is 13.8 Å². The molecule has 136 valence electrons. The standard InChI is InChI=1S/C19H38N2O2/c1-4-5-13-21-18(23)19(20,15(2)3)14-17(22)12-11-16-9-7-6-8-10-16/h15-17,22H,4-14,20H2,1-3H3,(H,21,23)/t17-,19+/m0/s1. The fraction of sp³-hybridized carbons (Fsp3) is 0.947. The topological polar surface area (TPSA) is 75.4 Å². The lowest BCUT2D eigenvalue weighted by molar-refractivity contribution is -0.129. The maximum Gasteiger partial charge on any atom is 0.240 e. The van der Waals surface area contributed by atoms with Gasteiger partial charge in [-0.2, -0.15) is 0 Å². The van der Waals surface area contributed by atoms with E-state index in [4.69, 9.17) is 5.73 Å². The lowest BCUT2D eigenvalue weighted by Gasteiger charge is -2.34. The minimum Gasteiger partial charge on any atom is -0.393 e. The molecule has 1 aliphatic carbocycles. The van der Waals surface area contributed by atoms with Crippen molar-refractivity contribution in [2.45, 2.75) is 96.6 Å². The zero-order valence-electron chi connectivity index (χ0n) is 15.4. The second kappa shape index (κ2) is 10.3. The van der Waals surface area contributed by atoms with Gasteiger partial charge in [0.05, 0.1) is 6.10 Å². The van der Waals surface area contributed by atoms with E-state index in [0.29, 0.717) is 13.0 Å². The molecule has 0 spiro atoms. The summed E-state index contributed by atoms with van der Waals surface area (Å²) in [4.78, 5) is 12.5. The number of carbonyl (C=O) groups is 1. The summed E-state index contributed by atoms with van der Waals surface area (Å²) >= 11 is 0. The molecule has 1 rings (SSSR count). The molecule has 0 aliphatic heterocycles. The van der Waals surface area contributed by atoms with Gasteiger partial charge in [-0.15, -0.1) is 0 Å². The Hall–Kier alpha value is -0.610. The Balaban J connectivity index is 2.47. The maximum atomic E-state index is 12.5. The minimum absolute atomic E-state index is 0.00783. The van der Waals surface area contributed by atoms with E-state index in [1.165, 1.54) is 32.1 Å². The molecule has 4 N–H and O–H groups in total. The van der Waals surface area contributed by atoms with E-state index in [0.717, 1.165) is 31.6 Å². The first-order valence-electron chi connectivity index (χ1n) is 9.65. The molecule has 1 aliphatic rings. The first-order chi connectivity index (χ1) is 10.9. The Kier molecular flexibility index (Phi) is 9.15. The van der Waals surface area contributed by atoms with Gasteiger partial charge < -0.3 is 16.2 Å². The number of unbranched alkanes of at least 4 members (excludes halogenated alkanes) is 1. The molecule has 0 aromatic carbocycles. The van der Waals surface area contributed by atoms with Crippen molar-refractivity contribution in [1.82, 2.24) is 5.32 Å². The molecular formula is C19H38N2O2. The summed E-state index contributed by atoms with van der Waals surface area (Å²) in [6, 6.07) is 0. The van der Waals surface area contributed by atoms with Crippen LogP contribution in [0.4, 0.5) is 0 Å². The van der Waals surface area contributed by atoms with Crippen molar-refractivity contribution in [3.63, 3.8) is 0 Å². The molecule has 0 bridgehead atoms. The molecule has 0 heterocycles. The van der Waals surface area contributed by atoms with Gasteiger partial charge in [-0.05, 0) is 31.1 Å². The molecule has 2 atom stereocenters. The average molecular weight is 327 g/mol. The van der Waals surface area contributed by atoms with Gasteiger partial charge in [-0.3, -0.25) is 4.79 Å². The van der Waals surface area contributed by atoms with Gasteiger partial charge in [0.15, 0.2) is 0 Å². The van der Waals surface area contributed by atoms with E-state index < -0.39 is 11.6 Å². The highest BCUT2D eigenvalue weighted by molar-refractivity contribution is 5.86. The summed E-state index contributed by atoms with van der Waals surface area (Å²) < 4.78 is 0. The summed E-state index contributed by atoms with van der Waals surface area (Å²) in [7, 11) is 0. The molecule has 1 amide bonds. The summed E-state index contributed by atoms with van der Waals surface area (Å²) in [5, 5.41) is 13.4. The second-order valence-electron chi connectivity index (χ2n) is 7.74. The predicted octanol–water partition coefficient (Wildman–Crippen LogP) is 3.37. The molecule has 4 heteroatoms. The number of nitrogens with one attached hydrogen (secondary N) is 1. The highest BCUT2D eigenvalue weighted by atomic mass is 16.3. The fourth-order valence-corrected chi connectivity index (χ4v) is 3.53. The van der Waals surface area contributed by atoms with Crippen molar-refractivity contribution in [3.05, 3.63) is 0 Å². The van der Waals surface area contributed by atoms with Crippen LogP contribution in [-0.4, -0.2) is 29.2 Å². The Morgan fingerprint density at radius 3 is 2.52 bits per heavy atom. The van der Waals surface area contributed by atoms with E-state index in [9.17, 15) is 9.90 Å². The van der Waals surface area contributed by atoms with Gasteiger partial charge in [0.2, 0.25) is 5.91 Å². The summed E-state index contributed by atoms with van der Waals surface area (Å²) in [5.41, 5.74) is 5.43. The zero-order chi connectivity index (χ0) is 17.3. The van der Waals surface area contributed by atoms with Crippen molar-refractivity contribution in [3.8, 4) is 0 Å². The van der Waals surface area contributed by atoms with Gasteiger partial charge in [-0.25, -0.2) is 0 Å². The van der Waals surface area contributed by atoms with Gasteiger partial charge in [0.1, 0.15) is 5.54 Å². The molecule has 0 radical (unpaired) electrons. The smallest absolute Gasteiger partial charge is 0.240 e. The summed E-state index contributed by atoms with van der Waals surface area (Å²) in [6.45, 7) is 6.69. The normalized spacial score (nSPS) is 20.3. The van der Waals surface area contributed by atoms with Crippen LogP contribution in [0.15, 0.2) is 0 Å². The van der Waals surface area contributed by atoms with Crippen molar-refractivity contribution in [2.24, 2.45) is 17.6 Å². The van der Waals surface area contributed by atoms with E-state index >= 15 is 0 Å². The maximum absolute atomic E-state index is 12.5. The molecule has 0 aromatic heterocycles. The number of hydrogen-bond donors (Lipinski definition) is 3. The Bertz CT molecular complexity index is 340.